The molecule has 0 saturated carbocycles. The molecule has 118 valence electrons. The SMILES string of the molecule is COc1ccccc1NC(=O)C(=O)NN=Cc1ccc(F)cc1. The smallest absolute Gasteiger partial charge is 0.329 e. The van der Waals surface area contributed by atoms with Gasteiger partial charge in [0, 0.05) is 0 Å². The van der Waals surface area contributed by atoms with Crippen LogP contribution in [0.2, 0.25) is 0 Å². The molecule has 0 heterocycles. The van der Waals surface area contributed by atoms with Crippen molar-refractivity contribution in [3.63, 3.8) is 0 Å². The standard InChI is InChI=1S/C16H14FN3O3/c1-23-14-5-3-2-4-13(14)19-15(21)16(22)20-18-10-11-6-8-12(17)9-7-11/h2-10H,1H3,(H,19,21)(H,20,22). The number of rotatable bonds is 4. The third kappa shape index (κ3) is 4.63. The molecule has 2 N–H and O–H groups in total. The number of carbonyl (C=O) groups is 2. The Bertz CT molecular complexity index is 730. The summed E-state index contributed by atoms with van der Waals surface area (Å²) in [5, 5.41) is 6.06. The number of para-hydroxylation sites is 2. The molecule has 6 nitrogen and oxygen atoms in total. The van der Waals surface area contributed by atoms with Gasteiger partial charge in [-0.1, -0.05) is 24.3 Å². The first-order valence-electron chi connectivity index (χ1n) is 6.63. The van der Waals surface area contributed by atoms with Gasteiger partial charge in [0.2, 0.25) is 0 Å². The number of hydrazone groups is 1. The van der Waals surface area contributed by atoms with E-state index in [-0.39, 0.29) is 5.82 Å². The molecule has 0 bridgehead atoms. The number of nitrogens with zero attached hydrogens (tertiary/aromatic N) is 1. The van der Waals surface area contributed by atoms with E-state index in [0.29, 0.717) is 17.0 Å². The van der Waals surface area contributed by atoms with Gasteiger partial charge in [-0.2, -0.15) is 5.10 Å². The van der Waals surface area contributed by atoms with Crippen LogP contribution in [0.5, 0.6) is 5.75 Å². The summed E-state index contributed by atoms with van der Waals surface area (Å²) in [7, 11) is 1.46. The highest BCUT2D eigenvalue weighted by Crippen LogP contribution is 2.22. The quantitative estimate of drug-likeness (QED) is 0.514. The number of carbonyl (C=O) groups excluding carboxylic acids is 2. The summed E-state index contributed by atoms with van der Waals surface area (Å²) in [6, 6.07) is 12.2. The van der Waals surface area contributed by atoms with Crippen molar-refractivity contribution >= 4 is 23.7 Å². The van der Waals surface area contributed by atoms with Crippen molar-refractivity contribution in [2.75, 3.05) is 12.4 Å². The highest BCUT2D eigenvalue weighted by molar-refractivity contribution is 6.39. The van der Waals surface area contributed by atoms with Crippen LogP contribution in [0.3, 0.4) is 0 Å². The number of anilines is 1. The molecule has 0 radical (unpaired) electrons. The van der Waals surface area contributed by atoms with E-state index in [2.05, 4.69) is 15.8 Å². The fourth-order valence-electron chi connectivity index (χ4n) is 1.69. The van der Waals surface area contributed by atoms with Gasteiger partial charge in [-0.15, -0.1) is 0 Å². The van der Waals surface area contributed by atoms with Crippen molar-refractivity contribution in [1.82, 2.24) is 5.43 Å². The summed E-state index contributed by atoms with van der Waals surface area (Å²) >= 11 is 0. The first-order valence-corrected chi connectivity index (χ1v) is 6.63. The van der Waals surface area contributed by atoms with E-state index in [1.54, 1.807) is 24.3 Å². The average molecular weight is 315 g/mol. The molecule has 0 fully saturated rings. The number of hydrogen-bond donors (Lipinski definition) is 2. The zero-order chi connectivity index (χ0) is 16.7. The molecule has 2 aromatic rings. The average Bonchev–Trinajstić information content (AvgIpc) is 2.57. The van der Waals surface area contributed by atoms with Crippen molar-refractivity contribution in [3.05, 3.63) is 59.9 Å². The molecule has 0 spiro atoms. The highest BCUT2D eigenvalue weighted by Gasteiger charge is 2.14. The Morgan fingerprint density at radius 1 is 1.09 bits per heavy atom. The van der Waals surface area contributed by atoms with Gasteiger partial charge in [0.15, 0.2) is 0 Å². The fourth-order valence-corrected chi connectivity index (χ4v) is 1.69. The maximum atomic E-state index is 12.7. The summed E-state index contributed by atoms with van der Waals surface area (Å²) < 4.78 is 17.8. The maximum Gasteiger partial charge on any atom is 0.329 e. The van der Waals surface area contributed by atoms with E-state index in [0.717, 1.165) is 0 Å². The predicted molar refractivity (Wildman–Crippen MR) is 83.8 cm³/mol. The molecule has 23 heavy (non-hydrogen) atoms. The molecule has 0 aliphatic rings. The number of nitrogens with one attached hydrogen (secondary N) is 2. The van der Waals surface area contributed by atoms with Crippen LogP contribution in [0.4, 0.5) is 10.1 Å². The van der Waals surface area contributed by atoms with Crippen LogP contribution >= 0.6 is 0 Å². The van der Waals surface area contributed by atoms with Gasteiger partial charge in [-0.25, -0.2) is 9.82 Å². The molecule has 0 atom stereocenters. The van der Waals surface area contributed by atoms with E-state index in [9.17, 15) is 14.0 Å². The molecule has 0 unspecified atom stereocenters. The Hall–Kier alpha value is -3.22. The summed E-state index contributed by atoms with van der Waals surface area (Å²) in [6.07, 6.45) is 1.30. The predicted octanol–water partition coefficient (Wildman–Crippen LogP) is 1.92. The maximum absolute atomic E-state index is 12.7. The molecule has 0 aliphatic heterocycles. The number of hydrogen-bond acceptors (Lipinski definition) is 4. The molecule has 0 aromatic heterocycles. The van der Waals surface area contributed by atoms with E-state index in [4.69, 9.17) is 4.74 Å². The zero-order valence-corrected chi connectivity index (χ0v) is 12.2. The normalized spacial score (nSPS) is 10.3. The van der Waals surface area contributed by atoms with Crippen LogP contribution in [0.15, 0.2) is 53.6 Å². The lowest BCUT2D eigenvalue weighted by Gasteiger charge is -2.08. The largest absolute Gasteiger partial charge is 0.495 e. The van der Waals surface area contributed by atoms with Crippen LogP contribution in [0, 0.1) is 5.82 Å². The van der Waals surface area contributed by atoms with Gasteiger partial charge in [0.25, 0.3) is 0 Å². The molecule has 2 rings (SSSR count). The van der Waals surface area contributed by atoms with Crippen molar-refractivity contribution < 1.29 is 18.7 Å². The molecule has 2 amide bonds. The van der Waals surface area contributed by atoms with E-state index in [1.807, 2.05) is 0 Å². The van der Waals surface area contributed by atoms with Gasteiger partial charge in [0.1, 0.15) is 11.6 Å². The number of halogens is 1. The lowest BCUT2D eigenvalue weighted by atomic mass is 10.2. The molecule has 0 aliphatic carbocycles. The summed E-state index contributed by atoms with van der Waals surface area (Å²) in [6.45, 7) is 0. The third-order valence-corrected chi connectivity index (χ3v) is 2.81. The van der Waals surface area contributed by atoms with Crippen LogP contribution in [-0.4, -0.2) is 25.1 Å². The van der Waals surface area contributed by atoms with Gasteiger partial charge in [-0.3, -0.25) is 9.59 Å². The van der Waals surface area contributed by atoms with E-state index in [1.165, 1.54) is 37.6 Å². The molecular weight excluding hydrogens is 301 g/mol. The molecular formula is C16H14FN3O3. The van der Waals surface area contributed by atoms with E-state index < -0.39 is 11.8 Å². The third-order valence-electron chi connectivity index (χ3n) is 2.81. The minimum atomic E-state index is -0.936. The van der Waals surface area contributed by atoms with Gasteiger partial charge in [0.05, 0.1) is 19.0 Å². The Morgan fingerprint density at radius 2 is 1.78 bits per heavy atom. The second kappa shape index (κ2) is 7.69. The summed E-state index contributed by atoms with van der Waals surface area (Å²) in [5.41, 5.74) is 3.04. The first kappa shape index (κ1) is 16.2. The number of ether oxygens (including phenoxy) is 1. The second-order valence-electron chi connectivity index (χ2n) is 4.41. The molecule has 2 aromatic carbocycles. The topological polar surface area (TPSA) is 79.8 Å². The van der Waals surface area contributed by atoms with Crippen LogP contribution in [0.25, 0.3) is 0 Å². The highest BCUT2D eigenvalue weighted by atomic mass is 19.1. The molecule has 0 saturated heterocycles. The summed E-state index contributed by atoms with van der Waals surface area (Å²) in [5.74, 6) is -1.76. The van der Waals surface area contributed by atoms with Crippen molar-refractivity contribution in [1.29, 1.82) is 0 Å². The van der Waals surface area contributed by atoms with Crippen molar-refractivity contribution in [3.8, 4) is 5.75 Å². The van der Waals surface area contributed by atoms with Crippen LogP contribution in [-0.2, 0) is 9.59 Å². The second-order valence-corrected chi connectivity index (χ2v) is 4.41. The van der Waals surface area contributed by atoms with Gasteiger partial charge < -0.3 is 10.1 Å². The number of amides is 2. The Balaban J connectivity index is 1.92. The van der Waals surface area contributed by atoms with Crippen LogP contribution < -0.4 is 15.5 Å². The minimum absolute atomic E-state index is 0.373. The summed E-state index contributed by atoms with van der Waals surface area (Å²) in [4.78, 5) is 23.4. The number of benzene rings is 2. The molecule has 7 heteroatoms. The fraction of sp³-hybridized carbons (Fsp3) is 0.0625. The lowest BCUT2D eigenvalue weighted by molar-refractivity contribution is -0.136. The van der Waals surface area contributed by atoms with Crippen molar-refractivity contribution in [2.45, 2.75) is 0 Å². The Morgan fingerprint density at radius 3 is 2.48 bits per heavy atom. The van der Waals surface area contributed by atoms with Crippen LogP contribution in [0.1, 0.15) is 5.56 Å². The van der Waals surface area contributed by atoms with Crippen molar-refractivity contribution in [2.24, 2.45) is 5.10 Å². The first-order chi connectivity index (χ1) is 11.1. The monoisotopic (exact) mass is 315 g/mol. The number of methoxy groups -OCH3 is 1. The van der Waals surface area contributed by atoms with Gasteiger partial charge in [-0.05, 0) is 29.8 Å². The lowest BCUT2D eigenvalue weighted by Crippen LogP contribution is -2.32. The Kier molecular flexibility index (Phi) is 5.40. The Labute approximate surface area is 132 Å². The zero-order valence-electron chi connectivity index (χ0n) is 12.2. The van der Waals surface area contributed by atoms with Gasteiger partial charge >= 0.3 is 11.8 Å². The minimum Gasteiger partial charge on any atom is -0.495 e. The van der Waals surface area contributed by atoms with E-state index >= 15 is 0 Å².